The molecule has 20 heavy (non-hydrogen) atoms. The molecule has 1 rings (SSSR count). The lowest BCUT2D eigenvalue weighted by molar-refractivity contribution is 0.0636. The van der Waals surface area contributed by atoms with Crippen molar-refractivity contribution in [2.75, 3.05) is 11.9 Å². The van der Waals surface area contributed by atoms with E-state index in [0.29, 0.717) is 29.2 Å². The first-order valence-electron chi connectivity index (χ1n) is 6.40. The maximum Gasteiger partial charge on any atom is 0.412 e. The van der Waals surface area contributed by atoms with E-state index in [1.807, 2.05) is 0 Å². The van der Waals surface area contributed by atoms with Crippen LogP contribution >= 0.6 is 11.6 Å². The molecule has 1 unspecified atom stereocenters. The Labute approximate surface area is 124 Å². The molecule has 0 saturated carbocycles. The summed E-state index contributed by atoms with van der Waals surface area (Å²) < 4.78 is 5.14. The number of anilines is 1. The van der Waals surface area contributed by atoms with Crippen LogP contribution in [0.4, 0.5) is 10.5 Å². The molecule has 0 spiro atoms. The third-order valence-electron chi connectivity index (χ3n) is 2.45. The van der Waals surface area contributed by atoms with Crippen LogP contribution in [-0.2, 0) is 4.74 Å². The molecule has 0 saturated heterocycles. The summed E-state index contributed by atoms with van der Waals surface area (Å²) in [6, 6.07) is 4.93. The highest BCUT2D eigenvalue weighted by atomic mass is 35.5. The monoisotopic (exact) mass is 300 g/mol. The molecule has 1 aromatic rings. The van der Waals surface area contributed by atoms with Gasteiger partial charge < -0.3 is 15.6 Å². The molecule has 0 aromatic heterocycles. The van der Waals surface area contributed by atoms with Gasteiger partial charge in [-0.2, -0.15) is 0 Å². The molecule has 0 aliphatic rings. The van der Waals surface area contributed by atoms with Crippen LogP contribution in [0.1, 0.15) is 38.9 Å². The quantitative estimate of drug-likeness (QED) is 0.798. The summed E-state index contributed by atoms with van der Waals surface area (Å²) in [6.45, 7) is 5.72. The highest BCUT2D eigenvalue weighted by molar-refractivity contribution is 6.33. The number of halogens is 1. The minimum Gasteiger partial charge on any atom is -0.444 e. The average Bonchev–Trinajstić information content (AvgIpc) is 2.29. The average molecular weight is 301 g/mol. The third kappa shape index (κ3) is 5.36. The molecule has 0 fully saturated rings. The Kier molecular flexibility index (Phi) is 5.80. The zero-order valence-electron chi connectivity index (χ0n) is 11.9. The molecule has 1 amide bonds. The Balaban J connectivity index is 2.76. The highest BCUT2D eigenvalue weighted by Gasteiger charge is 2.17. The first-order chi connectivity index (χ1) is 9.23. The van der Waals surface area contributed by atoms with Gasteiger partial charge >= 0.3 is 6.09 Å². The van der Waals surface area contributed by atoms with Gasteiger partial charge in [0.15, 0.2) is 0 Å². The molecule has 0 heterocycles. The third-order valence-corrected chi connectivity index (χ3v) is 2.77. The molecule has 0 aliphatic carbocycles. The summed E-state index contributed by atoms with van der Waals surface area (Å²) in [5.41, 5.74) is 5.91. The molecule has 4 N–H and O–H groups in total. The molecule has 1 atom stereocenters. The molecule has 6 heteroatoms. The molecule has 0 aliphatic heterocycles. The number of hydrogen-bond donors (Lipinski definition) is 3. The number of aliphatic hydroxyl groups excluding tert-OH is 1. The van der Waals surface area contributed by atoms with E-state index in [1.165, 1.54) is 0 Å². The Morgan fingerprint density at radius 3 is 2.65 bits per heavy atom. The minimum atomic E-state index is -0.659. The second-order valence-electron chi connectivity index (χ2n) is 5.46. The molecule has 112 valence electrons. The van der Waals surface area contributed by atoms with Crippen LogP contribution in [0.3, 0.4) is 0 Å². The van der Waals surface area contributed by atoms with Crippen molar-refractivity contribution >= 4 is 23.4 Å². The van der Waals surface area contributed by atoms with Gasteiger partial charge in [0, 0.05) is 0 Å². The van der Waals surface area contributed by atoms with Gasteiger partial charge in [-0.15, -0.1) is 0 Å². The zero-order valence-corrected chi connectivity index (χ0v) is 12.7. The Morgan fingerprint density at radius 1 is 1.50 bits per heavy atom. The van der Waals surface area contributed by atoms with E-state index in [1.54, 1.807) is 39.0 Å². The summed E-state index contributed by atoms with van der Waals surface area (Å²) in [7, 11) is 0. The number of nitrogens with two attached hydrogens (primary N) is 1. The smallest absolute Gasteiger partial charge is 0.412 e. The van der Waals surface area contributed by atoms with Gasteiger partial charge in [0.05, 0.1) is 16.8 Å². The van der Waals surface area contributed by atoms with Gasteiger partial charge in [-0.25, -0.2) is 4.79 Å². The van der Waals surface area contributed by atoms with Crippen molar-refractivity contribution in [2.24, 2.45) is 5.73 Å². The topological polar surface area (TPSA) is 84.6 Å². The van der Waals surface area contributed by atoms with Crippen molar-refractivity contribution in [3.63, 3.8) is 0 Å². The molecular formula is C14H21ClN2O3. The van der Waals surface area contributed by atoms with Crippen molar-refractivity contribution in [1.29, 1.82) is 0 Å². The standard InChI is InChI=1S/C14H21ClN2O3/c1-14(2,3)20-13(19)17-11-5-4-9(8-10(11)15)12(18)6-7-16/h4-5,8,12,18H,6-7,16H2,1-3H3,(H,17,19). The SMILES string of the molecule is CC(C)(C)OC(=O)Nc1ccc(C(O)CCN)cc1Cl. The lowest BCUT2D eigenvalue weighted by Crippen LogP contribution is -2.27. The van der Waals surface area contributed by atoms with Gasteiger partial charge in [0.2, 0.25) is 0 Å². The Bertz CT molecular complexity index is 472. The number of carbonyl (C=O) groups is 1. The minimum absolute atomic E-state index is 0.337. The second kappa shape index (κ2) is 6.92. The summed E-state index contributed by atoms with van der Waals surface area (Å²) >= 11 is 6.08. The van der Waals surface area contributed by atoms with Crippen LogP contribution in [0.15, 0.2) is 18.2 Å². The molecular weight excluding hydrogens is 280 g/mol. The van der Waals surface area contributed by atoms with Crippen LogP contribution in [0, 0.1) is 0 Å². The first-order valence-corrected chi connectivity index (χ1v) is 6.78. The summed E-state index contributed by atoms with van der Waals surface area (Å²) in [4.78, 5) is 11.6. The van der Waals surface area contributed by atoms with E-state index in [9.17, 15) is 9.90 Å². The van der Waals surface area contributed by atoms with E-state index in [-0.39, 0.29) is 0 Å². The zero-order chi connectivity index (χ0) is 15.3. The lowest BCUT2D eigenvalue weighted by atomic mass is 10.1. The fourth-order valence-corrected chi connectivity index (χ4v) is 1.81. The van der Waals surface area contributed by atoms with Crippen LogP contribution in [0.5, 0.6) is 0 Å². The number of rotatable bonds is 4. The predicted octanol–water partition coefficient (Wildman–Crippen LogP) is 3.07. The van der Waals surface area contributed by atoms with E-state index in [2.05, 4.69) is 5.32 Å². The highest BCUT2D eigenvalue weighted by Crippen LogP contribution is 2.27. The van der Waals surface area contributed by atoms with Crippen LogP contribution < -0.4 is 11.1 Å². The van der Waals surface area contributed by atoms with Gasteiger partial charge in [0.1, 0.15) is 5.60 Å². The maximum atomic E-state index is 11.6. The summed E-state index contributed by atoms with van der Waals surface area (Å²) in [5.74, 6) is 0. The number of aliphatic hydroxyl groups is 1. The van der Waals surface area contributed by atoms with Gasteiger partial charge in [-0.3, -0.25) is 5.32 Å². The van der Waals surface area contributed by atoms with E-state index in [4.69, 9.17) is 22.1 Å². The fourth-order valence-electron chi connectivity index (χ4n) is 1.58. The van der Waals surface area contributed by atoms with Crippen molar-refractivity contribution in [3.8, 4) is 0 Å². The van der Waals surface area contributed by atoms with Crippen LogP contribution in [0.2, 0.25) is 5.02 Å². The van der Waals surface area contributed by atoms with Crippen LogP contribution in [0.25, 0.3) is 0 Å². The van der Waals surface area contributed by atoms with Crippen molar-refractivity contribution in [2.45, 2.75) is 38.9 Å². The normalized spacial score (nSPS) is 12.9. The first kappa shape index (κ1) is 16.8. The molecule has 0 radical (unpaired) electrons. The second-order valence-corrected chi connectivity index (χ2v) is 5.87. The number of nitrogens with one attached hydrogen (secondary N) is 1. The number of ether oxygens (including phenoxy) is 1. The van der Waals surface area contributed by atoms with Gasteiger partial charge in [-0.05, 0) is 51.4 Å². The van der Waals surface area contributed by atoms with E-state index < -0.39 is 17.8 Å². The van der Waals surface area contributed by atoms with Crippen molar-refractivity contribution < 1.29 is 14.6 Å². The van der Waals surface area contributed by atoms with Crippen molar-refractivity contribution in [1.82, 2.24) is 0 Å². The van der Waals surface area contributed by atoms with Gasteiger partial charge in [-0.1, -0.05) is 17.7 Å². The van der Waals surface area contributed by atoms with Crippen molar-refractivity contribution in [3.05, 3.63) is 28.8 Å². The number of benzene rings is 1. The lowest BCUT2D eigenvalue weighted by Gasteiger charge is -2.20. The number of hydrogen-bond acceptors (Lipinski definition) is 4. The summed E-state index contributed by atoms with van der Waals surface area (Å²) in [6.07, 6.45) is -0.780. The maximum absolute atomic E-state index is 11.6. The molecule has 5 nitrogen and oxygen atoms in total. The van der Waals surface area contributed by atoms with Gasteiger partial charge in [0.25, 0.3) is 0 Å². The van der Waals surface area contributed by atoms with Crippen LogP contribution in [-0.4, -0.2) is 23.3 Å². The predicted molar refractivity (Wildman–Crippen MR) is 79.9 cm³/mol. The van der Waals surface area contributed by atoms with E-state index >= 15 is 0 Å². The largest absolute Gasteiger partial charge is 0.444 e. The number of amides is 1. The Morgan fingerprint density at radius 2 is 2.15 bits per heavy atom. The molecule has 1 aromatic carbocycles. The molecule has 0 bridgehead atoms. The summed E-state index contributed by atoms with van der Waals surface area (Å²) in [5, 5.41) is 12.7. The van der Waals surface area contributed by atoms with E-state index in [0.717, 1.165) is 0 Å². The number of carbonyl (C=O) groups excluding carboxylic acids is 1. The fraction of sp³-hybridized carbons (Fsp3) is 0.500. The Hall–Kier alpha value is -1.30.